The molecule has 10 nitrogen and oxygen atoms in total. The molecule has 1 aliphatic rings. The lowest BCUT2D eigenvalue weighted by Crippen LogP contribution is -2.31. The molecule has 2 atom stereocenters. The van der Waals surface area contributed by atoms with Crippen LogP contribution in [-0.2, 0) is 10.0 Å². The zero-order valence-electron chi connectivity index (χ0n) is 19.5. The molecule has 34 heavy (non-hydrogen) atoms. The molecule has 3 aromatic rings. The maximum Gasteiger partial charge on any atom is 0.256 e. The van der Waals surface area contributed by atoms with Gasteiger partial charge in [-0.15, -0.1) is 0 Å². The van der Waals surface area contributed by atoms with Crippen molar-refractivity contribution in [3.63, 3.8) is 0 Å². The van der Waals surface area contributed by atoms with Crippen molar-refractivity contribution in [1.82, 2.24) is 19.5 Å². The normalized spacial score (nSPS) is 17.2. The minimum absolute atomic E-state index is 0.145. The molecule has 2 aromatic heterocycles. The molecule has 1 aromatic carbocycles. The number of fused-ring (bicyclic) bond motifs is 1. The number of halogens is 1. The van der Waals surface area contributed by atoms with Gasteiger partial charge in [-0.3, -0.25) is 9.52 Å². The van der Waals surface area contributed by atoms with Gasteiger partial charge in [-0.2, -0.15) is 5.10 Å². The Hall–Kier alpha value is -2.89. The van der Waals surface area contributed by atoms with Crippen LogP contribution in [0.25, 0.3) is 5.65 Å². The molecule has 0 unspecified atom stereocenters. The van der Waals surface area contributed by atoms with Crippen LogP contribution in [0, 0.1) is 6.92 Å². The molecule has 1 amide bonds. The molecular formula is C22H28ClN7O3S. The van der Waals surface area contributed by atoms with Gasteiger partial charge in [-0.1, -0.05) is 11.6 Å². The standard InChI is InChI=1S/C22H28ClN7O3S/c1-13-11-30-20(25-21(13)29-8-7-16(24)12-29)10-19(26-30)14(2)28(3)22(31)17-9-15(23)5-6-18(17)27-34(4,32)33/h5-6,9-11,14,16,27H,7-8,12,24H2,1-4H3/t14-,16+/m1/s1. The van der Waals surface area contributed by atoms with E-state index in [4.69, 9.17) is 22.3 Å². The SMILES string of the molecule is Cc1cn2nc([C@@H](C)N(C)C(=O)c3cc(Cl)ccc3NS(C)(=O)=O)cc2nc1N1CC[C@H](N)C1. The molecule has 0 radical (unpaired) electrons. The number of aromatic nitrogens is 3. The fraction of sp³-hybridized carbons (Fsp3) is 0.409. The Bertz CT molecular complexity index is 1360. The summed E-state index contributed by atoms with van der Waals surface area (Å²) < 4.78 is 27.6. The van der Waals surface area contributed by atoms with Crippen molar-refractivity contribution in [2.75, 3.05) is 36.0 Å². The van der Waals surface area contributed by atoms with Crippen LogP contribution in [0.4, 0.5) is 11.5 Å². The Balaban J connectivity index is 1.63. The number of aryl methyl sites for hydroxylation is 1. The molecule has 1 fully saturated rings. The predicted octanol–water partition coefficient (Wildman–Crippen LogP) is 2.43. The molecule has 3 N–H and O–H groups in total. The zero-order valence-corrected chi connectivity index (χ0v) is 21.1. The van der Waals surface area contributed by atoms with Crippen LogP contribution >= 0.6 is 11.6 Å². The van der Waals surface area contributed by atoms with Crippen molar-refractivity contribution in [2.45, 2.75) is 32.4 Å². The fourth-order valence-electron chi connectivity index (χ4n) is 4.07. The third-order valence-electron chi connectivity index (χ3n) is 5.98. The lowest BCUT2D eigenvalue weighted by atomic mass is 10.1. The second-order valence-electron chi connectivity index (χ2n) is 8.77. The van der Waals surface area contributed by atoms with Gasteiger partial charge < -0.3 is 15.5 Å². The summed E-state index contributed by atoms with van der Waals surface area (Å²) >= 11 is 6.10. The maximum atomic E-state index is 13.3. The van der Waals surface area contributed by atoms with E-state index in [-0.39, 0.29) is 17.3 Å². The van der Waals surface area contributed by atoms with E-state index in [1.807, 2.05) is 26.1 Å². The molecule has 0 spiro atoms. The van der Waals surface area contributed by atoms with E-state index in [0.717, 1.165) is 37.1 Å². The highest BCUT2D eigenvalue weighted by Crippen LogP contribution is 2.28. The highest BCUT2D eigenvalue weighted by Gasteiger charge is 2.26. The van der Waals surface area contributed by atoms with Gasteiger partial charge in [0.15, 0.2) is 5.65 Å². The van der Waals surface area contributed by atoms with Gasteiger partial charge in [0.2, 0.25) is 10.0 Å². The van der Waals surface area contributed by atoms with Crippen LogP contribution < -0.4 is 15.4 Å². The number of nitrogens with one attached hydrogen (secondary N) is 1. The van der Waals surface area contributed by atoms with Crippen molar-refractivity contribution in [3.05, 3.63) is 52.3 Å². The summed E-state index contributed by atoms with van der Waals surface area (Å²) in [5.74, 6) is 0.494. The van der Waals surface area contributed by atoms with Gasteiger partial charge in [0.1, 0.15) is 5.82 Å². The summed E-state index contributed by atoms with van der Waals surface area (Å²) in [4.78, 5) is 21.8. The van der Waals surface area contributed by atoms with E-state index in [9.17, 15) is 13.2 Å². The van der Waals surface area contributed by atoms with Crippen LogP contribution in [0.2, 0.25) is 5.02 Å². The Morgan fingerprint density at radius 3 is 2.74 bits per heavy atom. The van der Waals surface area contributed by atoms with Crippen molar-refractivity contribution in [2.24, 2.45) is 5.73 Å². The minimum atomic E-state index is -3.58. The monoisotopic (exact) mass is 505 g/mol. The summed E-state index contributed by atoms with van der Waals surface area (Å²) in [5.41, 5.74) is 8.69. The van der Waals surface area contributed by atoms with Gasteiger partial charge in [-0.25, -0.2) is 17.9 Å². The maximum absolute atomic E-state index is 13.3. The zero-order chi connectivity index (χ0) is 24.8. The first kappa shape index (κ1) is 24.2. The van der Waals surface area contributed by atoms with E-state index in [0.29, 0.717) is 16.4 Å². The van der Waals surface area contributed by atoms with E-state index < -0.39 is 22.0 Å². The van der Waals surface area contributed by atoms with Crippen LogP contribution in [0.1, 0.15) is 41.0 Å². The Morgan fingerprint density at radius 2 is 2.09 bits per heavy atom. The van der Waals surface area contributed by atoms with Crippen molar-refractivity contribution < 1.29 is 13.2 Å². The number of hydrogen-bond donors (Lipinski definition) is 2. The summed E-state index contributed by atoms with van der Waals surface area (Å²) in [6.45, 7) is 5.47. The van der Waals surface area contributed by atoms with E-state index in [2.05, 4.69) is 14.7 Å². The first-order valence-electron chi connectivity index (χ1n) is 10.8. The van der Waals surface area contributed by atoms with E-state index >= 15 is 0 Å². The molecule has 0 bridgehead atoms. The van der Waals surface area contributed by atoms with Gasteiger partial charge in [0.05, 0.1) is 29.2 Å². The summed E-state index contributed by atoms with van der Waals surface area (Å²) in [6, 6.07) is 6.02. The first-order chi connectivity index (χ1) is 15.9. The topological polar surface area (TPSA) is 126 Å². The number of anilines is 2. The number of nitrogens with zero attached hydrogens (tertiary/aromatic N) is 5. The molecule has 3 heterocycles. The summed E-state index contributed by atoms with van der Waals surface area (Å²) in [5, 5.41) is 4.96. The number of rotatable bonds is 6. The molecule has 0 aliphatic carbocycles. The first-order valence-corrected chi connectivity index (χ1v) is 13.1. The smallest absolute Gasteiger partial charge is 0.256 e. The Kier molecular flexibility index (Phi) is 6.45. The molecule has 1 aliphatic heterocycles. The van der Waals surface area contributed by atoms with Crippen LogP contribution in [0.15, 0.2) is 30.5 Å². The van der Waals surface area contributed by atoms with E-state index in [1.54, 1.807) is 11.6 Å². The lowest BCUT2D eigenvalue weighted by Gasteiger charge is -2.24. The third-order valence-corrected chi connectivity index (χ3v) is 6.81. The average molecular weight is 506 g/mol. The molecule has 182 valence electrons. The van der Waals surface area contributed by atoms with Crippen molar-refractivity contribution in [1.29, 1.82) is 0 Å². The number of amides is 1. The number of nitrogens with two attached hydrogens (primary N) is 1. The summed E-state index contributed by atoms with van der Waals surface area (Å²) in [7, 11) is -1.94. The summed E-state index contributed by atoms with van der Waals surface area (Å²) in [6.07, 6.45) is 3.88. The highest BCUT2D eigenvalue weighted by atomic mass is 35.5. The predicted molar refractivity (Wildman–Crippen MR) is 133 cm³/mol. The quantitative estimate of drug-likeness (QED) is 0.526. The average Bonchev–Trinajstić information content (AvgIpc) is 3.37. The number of carbonyl (C=O) groups excluding carboxylic acids is 1. The van der Waals surface area contributed by atoms with Gasteiger partial charge in [0.25, 0.3) is 5.91 Å². The number of sulfonamides is 1. The third kappa shape index (κ3) is 4.96. The molecule has 1 saturated heterocycles. The van der Waals surface area contributed by atoms with Gasteiger partial charge in [0, 0.05) is 49.0 Å². The number of carbonyl (C=O) groups is 1. The van der Waals surface area contributed by atoms with Crippen molar-refractivity contribution in [3.8, 4) is 0 Å². The minimum Gasteiger partial charge on any atom is -0.355 e. The van der Waals surface area contributed by atoms with E-state index in [1.165, 1.54) is 23.1 Å². The number of hydrogen-bond acceptors (Lipinski definition) is 7. The molecule has 12 heteroatoms. The fourth-order valence-corrected chi connectivity index (χ4v) is 4.82. The highest BCUT2D eigenvalue weighted by molar-refractivity contribution is 7.92. The Morgan fingerprint density at radius 1 is 1.35 bits per heavy atom. The largest absolute Gasteiger partial charge is 0.355 e. The lowest BCUT2D eigenvalue weighted by molar-refractivity contribution is 0.0740. The van der Waals surface area contributed by atoms with Gasteiger partial charge >= 0.3 is 0 Å². The molecule has 4 rings (SSSR count). The Labute approximate surface area is 203 Å². The second-order valence-corrected chi connectivity index (χ2v) is 11.0. The second kappa shape index (κ2) is 9.05. The molecular weight excluding hydrogens is 478 g/mol. The van der Waals surface area contributed by atoms with Crippen LogP contribution in [-0.4, -0.2) is 66.3 Å². The molecule has 0 saturated carbocycles. The van der Waals surface area contributed by atoms with Crippen molar-refractivity contribution >= 4 is 44.7 Å². The number of benzene rings is 1. The van der Waals surface area contributed by atoms with Gasteiger partial charge in [-0.05, 0) is 38.5 Å². The van der Waals surface area contributed by atoms with Crippen LogP contribution in [0.5, 0.6) is 0 Å². The van der Waals surface area contributed by atoms with Crippen LogP contribution in [0.3, 0.4) is 0 Å².